The van der Waals surface area contributed by atoms with Gasteiger partial charge in [-0.3, -0.25) is 14.5 Å². The Morgan fingerprint density at radius 1 is 0.970 bits per heavy atom. The van der Waals surface area contributed by atoms with Crippen LogP contribution in [0, 0.1) is 0 Å². The standard InChI is InChI=1S/C27H33N3O3/c1-20-3-2-11-28(20)13-14-29-12-10-24-19-23(8-9-25(24)27(29)32)21-4-6-22(7-5-21)26(31)30-15-17-33-18-16-30/h4-9,19-20H,2-3,10-18H2,1H3/t20-/m1/s1. The number of rotatable bonds is 5. The van der Waals surface area contributed by atoms with Gasteiger partial charge in [0, 0.05) is 49.9 Å². The number of ether oxygens (including phenoxy) is 1. The molecule has 0 saturated carbocycles. The SMILES string of the molecule is C[C@@H]1CCCN1CCN1CCc2cc(-c3ccc(C(=O)N4CCOCC4)cc3)ccc2C1=O. The normalized spacial score (nSPS) is 21.4. The second-order valence-electron chi connectivity index (χ2n) is 9.42. The minimum absolute atomic E-state index is 0.0595. The molecule has 0 N–H and O–H groups in total. The van der Waals surface area contributed by atoms with E-state index in [2.05, 4.69) is 17.9 Å². The van der Waals surface area contributed by atoms with E-state index >= 15 is 0 Å². The van der Waals surface area contributed by atoms with Gasteiger partial charge in [0.1, 0.15) is 0 Å². The molecule has 3 heterocycles. The van der Waals surface area contributed by atoms with E-state index in [4.69, 9.17) is 4.74 Å². The molecule has 2 aromatic rings. The van der Waals surface area contributed by atoms with Crippen molar-refractivity contribution in [3.8, 4) is 11.1 Å². The lowest BCUT2D eigenvalue weighted by atomic mass is 9.93. The maximum Gasteiger partial charge on any atom is 0.254 e. The highest BCUT2D eigenvalue weighted by Crippen LogP contribution is 2.27. The number of morpholine rings is 1. The van der Waals surface area contributed by atoms with E-state index in [1.807, 2.05) is 46.2 Å². The topological polar surface area (TPSA) is 53.1 Å². The van der Waals surface area contributed by atoms with Gasteiger partial charge in [0.25, 0.3) is 11.8 Å². The van der Waals surface area contributed by atoms with Gasteiger partial charge in [-0.15, -0.1) is 0 Å². The molecule has 0 spiro atoms. The summed E-state index contributed by atoms with van der Waals surface area (Å²) in [5.41, 5.74) is 4.81. The second kappa shape index (κ2) is 9.65. The Bertz CT molecular complexity index is 1010. The fourth-order valence-corrected chi connectivity index (χ4v) is 5.26. The maximum absolute atomic E-state index is 13.1. The smallest absolute Gasteiger partial charge is 0.254 e. The average molecular weight is 448 g/mol. The number of benzene rings is 2. The minimum Gasteiger partial charge on any atom is -0.378 e. The molecule has 6 nitrogen and oxygen atoms in total. The molecule has 2 fully saturated rings. The quantitative estimate of drug-likeness (QED) is 0.706. The molecule has 2 amide bonds. The summed E-state index contributed by atoms with van der Waals surface area (Å²) in [5.74, 6) is 0.213. The van der Waals surface area contributed by atoms with Crippen LogP contribution in [-0.4, -0.2) is 85.0 Å². The summed E-state index contributed by atoms with van der Waals surface area (Å²) in [5, 5.41) is 0. The van der Waals surface area contributed by atoms with Crippen molar-refractivity contribution in [1.29, 1.82) is 0 Å². The highest BCUT2D eigenvalue weighted by atomic mass is 16.5. The molecular formula is C27H33N3O3. The van der Waals surface area contributed by atoms with Crippen LogP contribution in [-0.2, 0) is 11.2 Å². The molecule has 0 radical (unpaired) electrons. The minimum atomic E-state index is 0.0595. The van der Waals surface area contributed by atoms with Crippen molar-refractivity contribution in [1.82, 2.24) is 14.7 Å². The van der Waals surface area contributed by atoms with Crippen LogP contribution in [0.1, 0.15) is 46.0 Å². The molecule has 5 rings (SSSR count). The van der Waals surface area contributed by atoms with E-state index < -0.39 is 0 Å². The molecule has 0 bridgehead atoms. The van der Waals surface area contributed by atoms with Gasteiger partial charge in [0.15, 0.2) is 0 Å². The molecule has 2 saturated heterocycles. The Morgan fingerprint density at radius 2 is 1.73 bits per heavy atom. The molecular weight excluding hydrogens is 414 g/mol. The largest absolute Gasteiger partial charge is 0.378 e. The van der Waals surface area contributed by atoms with Crippen molar-refractivity contribution < 1.29 is 14.3 Å². The summed E-state index contributed by atoms with van der Waals surface area (Å²) in [6.07, 6.45) is 3.42. The summed E-state index contributed by atoms with van der Waals surface area (Å²) in [4.78, 5) is 32.1. The summed E-state index contributed by atoms with van der Waals surface area (Å²) in [6, 6.07) is 14.6. The van der Waals surface area contributed by atoms with Crippen LogP contribution in [0.25, 0.3) is 11.1 Å². The molecule has 0 aromatic heterocycles. The van der Waals surface area contributed by atoms with Crippen molar-refractivity contribution >= 4 is 11.8 Å². The monoisotopic (exact) mass is 447 g/mol. The number of nitrogens with zero attached hydrogens (tertiary/aromatic N) is 3. The third-order valence-corrected chi connectivity index (χ3v) is 7.39. The summed E-state index contributed by atoms with van der Waals surface area (Å²) < 4.78 is 5.34. The van der Waals surface area contributed by atoms with Crippen molar-refractivity contribution in [3.63, 3.8) is 0 Å². The van der Waals surface area contributed by atoms with Crippen molar-refractivity contribution in [3.05, 3.63) is 59.2 Å². The van der Waals surface area contributed by atoms with Crippen molar-refractivity contribution in [2.24, 2.45) is 0 Å². The van der Waals surface area contributed by atoms with Gasteiger partial charge in [-0.2, -0.15) is 0 Å². The van der Waals surface area contributed by atoms with Crippen LogP contribution in [0.15, 0.2) is 42.5 Å². The average Bonchev–Trinajstić information content (AvgIpc) is 3.28. The third-order valence-electron chi connectivity index (χ3n) is 7.39. The summed E-state index contributed by atoms with van der Waals surface area (Å²) in [6.45, 7) is 8.50. The number of fused-ring (bicyclic) bond motifs is 1. The first-order valence-corrected chi connectivity index (χ1v) is 12.2. The molecule has 174 valence electrons. The molecule has 3 aliphatic heterocycles. The van der Waals surface area contributed by atoms with E-state index in [0.29, 0.717) is 37.9 Å². The van der Waals surface area contributed by atoms with Gasteiger partial charge in [-0.25, -0.2) is 0 Å². The molecule has 1 atom stereocenters. The Labute approximate surface area is 196 Å². The molecule has 33 heavy (non-hydrogen) atoms. The molecule has 6 heteroatoms. The lowest BCUT2D eigenvalue weighted by Crippen LogP contribution is -2.43. The maximum atomic E-state index is 13.1. The summed E-state index contributed by atoms with van der Waals surface area (Å²) in [7, 11) is 0. The zero-order valence-corrected chi connectivity index (χ0v) is 19.5. The number of hydrogen-bond donors (Lipinski definition) is 0. The van der Waals surface area contributed by atoms with Gasteiger partial charge >= 0.3 is 0 Å². The van der Waals surface area contributed by atoms with Crippen molar-refractivity contribution in [2.45, 2.75) is 32.2 Å². The first-order valence-electron chi connectivity index (χ1n) is 12.2. The Morgan fingerprint density at radius 3 is 2.45 bits per heavy atom. The lowest BCUT2D eigenvalue weighted by Gasteiger charge is -2.31. The van der Waals surface area contributed by atoms with Gasteiger partial charge in [0.2, 0.25) is 0 Å². The highest BCUT2D eigenvalue weighted by molar-refractivity contribution is 5.97. The highest BCUT2D eigenvalue weighted by Gasteiger charge is 2.27. The summed E-state index contributed by atoms with van der Waals surface area (Å²) >= 11 is 0. The predicted molar refractivity (Wildman–Crippen MR) is 128 cm³/mol. The van der Waals surface area contributed by atoms with Gasteiger partial charge in [-0.1, -0.05) is 24.3 Å². The Hall–Kier alpha value is -2.70. The van der Waals surface area contributed by atoms with E-state index in [9.17, 15) is 9.59 Å². The first kappa shape index (κ1) is 22.1. The zero-order valence-electron chi connectivity index (χ0n) is 19.5. The Balaban J connectivity index is 1.25. The number of amides is 2. The van der Waals surface area contributed by atoms with Crippen LogP contribution < -0.4 is 0 Å². The number of likely N-dealkylation sites (tertiary alicyclic amines) is 1. The van der Waals surface area contributed by atoms with Crippen LogP contribution >= 0.6 is 0 Å². The van der Waals surface area contributed by atoms with Crippen LogP contribution in [0.4, 0.5) is 0 Å². The zero-order chi connectivity index (χ0) is 22.8. The van der Waals surface area contributed by atoms with E-state index in [1.54, 1.807) is 0 Å². The number of carbonyl (C=O) groups is 2. The fraction of sp³-hybridized carbons (Fsp3) is 0.481. The van der Waals surface area contributed by atoms with Crippen LogP contribution in [0.3, 0.4) is 0 Å². The predicted octanol–water partition coefficient (Wildman–Crippen LogP) is 3.31. The number of hydrogen-bond acceptors (Lipinski definition) is 4. The van der Waals surface area contributed by atoms with Crippen LogP contribution in [0.5, 0.6) is 0 Å². The first-order chi connectivity index (χ1) is 16.1. The molecule has 2 aromatic carbocycles. The van der Waals surface area contributed by atoms with Gasteiger partial charge in [0.05, 0.1) is 13.2 Å². The number of carbonyl (C=O) groups excluding carboxylic acids is 2. The van der Waals surface area contributed by atoms with Crippen LogP contribution in [0.2, 0.25) is 0 Å². The Kier molecular flexibility index (Phi) is 6.47. The second-order valence-corrected chi connectivity index (χ2v) is 9.42. The lowest BCUT2D eigenvalue weighted by molar-refractivity contribution is 0.0303. The van der Waals surface area contributed by atoms with E-state index in [0.717, 1.165) is 54.9 Å². The molecule has 0 unspecified atom stereocenters. The van der Waals surface area contributed by atoms with E-state index in [1.165, 1.54) is 12.8 Å². The fourth-order valence-electron chi connectivity index (χ4n) is 5.26. The molecule has 3 aliphatic rings. The van der Waals surface area contributed by atoms with Gasteiger partial charge < -0.3 is 14.5 Å². The van der Waals surface area contributed by atoms with Gasteiger partial charge in [-0.05, 0) is 67.6 Å². The van der Waals surface area contributed by atoms with E-state index in [-0.39, 0.29) is 11.8 Å². The van der Waals surface area contributed by atoms with Crippen molar-refractivity contribution in [2.75, 3.05) is 52.5 Å². The third kappa shape index (κ3) is 4.68. The molecule has 0 aliphatic carbocycles.